The molecule has 9 heteroatoms. The zero-order valence-corrected chi connectivity index (χ0v) is 15.5. The van der Waals surface area contributed by atoms with Gasteiger partial charge in [0.25, 0.3) is 5.91 Å². The molecule has 2 aromatic carbocycles. The standard InChI is InChI=1S/C18H21FN4O3S/c19-16-6-1-2-7-17(16)23-10-8-22(9-11-23)13-18(24)21-14-4-3-5-15(12-14)27(20,25)26/h1-7,12H,8-11,13H2,(H,21,24)(H2,20,25,26)/p+1. The van der Waals surface area contributed by atoms with Gasteiger partial charge >= 0.3 is 0 Å². The zero-order valence-electron chi connectivity index (χ0n) is 14.7. The topological polar surface area (TPSA) is 96.9 Å². The van der Waals surface area contributed by atoms with Crippen molar-refractivity contribution in [3.8, 4) is 0 Å². The number of rotatable bonds is 5. The highest BCUT2D eigenvalue weighted by Crippen LogP contribution is 2.18. The second-order valence-corrected chi connectivity index (χ2v) is 8.05. The summed E-state index contributed by atoms with van der Waals surface area (Å²) in [5, 5.41) is 7.80. The van der Waals surface area contributed by atoms with Crippen molar-refractivity contribution >= 4 is 27.3 Å². The number of hydrogen-bond donors (Lipinski definition) is 3. The van der Waals surface area contributed by atoms with Crippen LogP contribution in [0.15, 0.2) is 53.4 Å². The number of sulfonamides is 1. The number of hydrogen-bond acceptors (Lipinski definition) is 4. The second kappa shape index (κ2) is 8.03. The van der Waals surface area contributed by atoms with Gasteiger partial charge in [-0.1, -0.05) is 18.2 Å². The Morgan fingerprint density at radius 1 is 1.15 bits per heavy atom. The Labute approximate surface area is 157 Å². The molecule has 1 aliphatic rings. The highest BCUT2D eigenvalue weighted by Gasteiger charge is 2.23. The molecule has 0 unspecified atom stereocenters. The number of nitrogens with two attached hydrogens (primary N) is 1. The summed E-state index contributed by atoms with van der Waals surface area (Å²) in [5.41, 5.74) is 0.969. The fourth-order valence-corrected chi connectivity index (χ4v) is 3.69. The van der Waals surface area contributed by atoms with Crippen LogP contribution in [0.5, 0.6) is 0 Å². The molecule has 27 heavy (non-hydrogen) atoms. The Morgan fingerprint density at radius 3 is 2.52 bits per heavy atom. The molecule has 144 valence electrons. The summed E-state index contributed by atoms with van der Waals surface area (Å²) in [6.45, 7) is 2.98. The number of quaternary nitrogens is 1. The van der Waals surface area contributed by atoms with Crippen molar-refractivity contribution in [2.45, 2.75) is 4.90 Å². The van der Waals surface area contributed by atoms with Gasteiger partial charge in [0, 0.05) is 5.69 Å². The first-order valence-electron chi connectivity index (χ1n) is 8.59. The minimum atomic E-state index is -3.82. The summed E-state index contributed by atoms with van der Waals surface area (Å²) in [6, 6.07) is 12.5. The van der Waals surface area contributed by atoms with Crippen LogP contribution in [-0.4, -0.2) is 47.0 Å². The first-order valence-corrected chi connectivity index (χ1v) is 10.1. The number of benzene rings is 2. The van der Waals surface area contributed by atoms with E-state index in [2.05, 4.69) is 5.32 Å². The molecule has 1 amide bonds. The molecule has 4 N–H and O–H groups in total. The highest BCUT2D eigenvalue weighted by atomic mass is 32.2. The molecule has 0 bridgehead atoms. The Hall–Kier alpha value is -2.49. The van der Waals surface area contributed by atoms with E-state index in [9.17, 15) is 17.6 Å². The number of carbonyl (C=O) groups is 1. The third-order valence-corrected chi connectivity index (χ3v) is 5.43. The lowest BCUT2D eigenvalue weighted by Crippen LogP contribution is -3.15. The summed E-state index contributed by atoms with van der Waals surface area (Å²) in [7, 11) is -3.82. The maximum atomic E-state index is 13.9. The molecule has 7 nitrogen and oxygen atoms in total. The number of nitrogens with one attached hydrogen (secondary N) is 2. The third kappa shape index (κ3) is 5.03. The SMILES string of the molecule is NS(=O)(=O)c1cccc(NC(=O)C[NH+]2CCN(c3ccccc3F)CC2)c1. The van der Waals surface area contributed by atoms with E-state index in [0.717, 1.165) is 4.90 Å². The van der Waals surface area contributed by atoms with Crippen LogP contribution in [-0.2, 0) is 14.8 Å². The molecule has 0 aromatic heterocycles. The van der Waals surface area contributed by atoms with Gasteiger partial charge < -0.3 is 15.1 Å². The van der Waals surface area contributed by atoms with Crippen LogP contribution < -0.4 is 20.3 Å². The molecule has 1 saturated heterocycles. The van der Waals surface area contributed by atoms with Crippen molar-refractivity contribution in [3.05, 3.63) is 54.3 Å². The van der Waals surface area contributed by atoms with Crippen LogP contribution in [0.2, 0.25) is 0 Å². The lowest BCUT2D eigenvalue weighted by molar-refractivity contribution is -0.892. The normalized spacial score (nSPS) is 15.6. The van der Waals surface area contributed by atoms with Gasteiger partial charge in [-0.3, -0.25) is 4.79 Å². The molecule has 2 aromatic rings. The van der Waals surface area contributed by atoms with Gasteiger partial charge in [-0.15, -0.1) is 0 Å². The van der Waals surface area contributed by atoms with Crippen molar-refractivity contribution < 1.29 is 22.5 Å². The third-order valence-electron chi connectivity index (χ3n) is 4.52. The van der Waals surface area contributed by atoms with Crippen LogP contribution in [0.1, 0.15) is 0 Å². The van der Waals surface area contributed by atoms with Crippen molar-refractivity contribution in [2.24, 2.45) is 5.14 Å². The van der Waals surface area contributed by atoms with Gasteiger partial charge in [0.2, 0.25) is 10.0 Å². The molecule has 0 spiro atoms. The fraction of sp³-hybridized carbons (Fsp3) is 0.278. The van der Waals surface area contributed by atoms with E-state index in [-0.39, 0.29) is 23.2 Å². The van der Waals surface area contributed by atoms with Crippen molar-refractivity contribution in [1.82, 2.24) is 0 Å². The van der Waals surface area contributed by atoms with E-state index in [0.29, 0.717) is 37.6 Å². The molecule has 1 fully saturated rings. The smallest absolute Gasteiger partial charge is 0.279 e. The molecule has 1 heterocycles. The molecule has 1 aliphatic heterocycles. The van der Waals surface area contributed by atoms with Crippen LogP contribution in [0, 0.1) is 5.82 Å². The summed E-state index contributed by atoms with van der Waals surface area (Å²) in [4.78, 5) is 15.3. The number of para-hydroxylation sites is 1. The predicted molar refractivity (Wildman–Crippen MR) is 101 cm³/mol. The van der Waals surface area contributed by atoms with E-state index in [4.69, 9.17) is 5.14 Å². The lowest BCUT2D eigenvalue weighted by atomic mass is 10.2. The number of anilines is 2. The van der Waals surface area contributed by atoms with Gasteiger partial charge in [0.1, 0.15) is 5.82 Å². The maximum absolute atomic E-state index is 13.9. The van der Waals surface area contributed by atoms with Crippen LogP contribution in [0.3, 0.4) is 0 Å². The van der Waals surface area contributed by atoms with Gasteiger partial charge in [-0.2, -0.15) is 0 Å². The number of nitrogens with zero attached hydrogens (tertiary/aromatic N) is 1. The maximum Gasteiger partial charge on any atom is 0.279 e. The number of halogens is 1. The molecular formula is C18H22FN4O3S+. The van der Waals surface area contributed by atoms with Crippen molar-refractivity contribution in [3.63, 3.8) is 0 Å². The molecule has 0 saturated carbocycles. The predicted octanol–water partition coefficient (Wildman–Crippen LogP) is -0.183. The lowest BCUT2D eigenvalue weighted by Gasteiger charge is -2.33. The van der Waals surface area contributed by atoms with E-state index < -0.39 is 10.0 Å². The molecule has 0 aliphatic carbocycles. The van der Waals surface area contributed by atoms with Gasteiger partial charge in [0.15, 0.2) is 6.54 Å². The summed E-state index contributed by atoms with van der Waals surface area (Å²) in [5.74, 6) is -0.454. The molecule has 0 radical (unpaired) electrons. The largest absolute Gasteiger partial charge is 0.358 e. The summed E-state index contributed by atoms with van der Waals surface area (Å²) >= 11 is 0. The van der Waals surface area contributed by atoms with Crippen molar-refractivity contribution in [1.29, 1.82) is 0 Å². The van der Waals surface area contributed by atoms with E-state index in [1.54, 1.807) is 24.3 Å². The number of primary sulfonamides is 1. The minimum absolute atomic E-state index is 0.0499. The molecule has 3 rings (SSSR count). The number of carbonyl (C=O) groups excluding carboxylic acids is 1. The Bertz CT molecular complexity index is 928. The number of amides is 1. The average Bonchev–Trinajstić information content (AvgIpc) is 2.62. The average molecular weight is 393 g/mol. The Morgan fingerprint density at radius 2 is 1.85 bits per heavy atom. The van der Waals surface area contributed by atoms with Crippen LogP contribution >= 0.6 is 0 Å². The van der Waals surface area contributed by atoms with Gasteiger partial charge in [0.05, 0.1) is 36.8 Å². The monoisotopic (exact) mass is 393 g/mol. The summed E-state index contributed by atoms with van der Waals surface area (Å²) in [6.07, 6.45) is 0. The van der Waals surface area contributed by atoms with Crippen molar-refractivity contribution in [2.75, 3.05) is 42.9 Å². The minimum Gasteiger partial charge on any atom is -0.358 e. The van der Waals surface area contributed by atoms with E-state index in [1.807, 2.05) is 4.90 Å². The fourth-order valence-electron chi connectivity index (χ4n) is 3.13. The van der Waals surface area contributed by atoms with E-state index >= 15 is 0 Å². The van der Waals surface area contributed by atoms with E-state index in [1.165, 1.54) is 24.3 Å². The first-order chi connectivity index (χ1) is 12.8. The first kappa shape index (κ1) is 19.3. The Balaban J connectivity index is 1.54. The highest BCUT2D eigenvalue weighted by molar-refractivity contribution is 7.89. The zero-order chi connectivity index (χ0) is 19.4. The van der Waals surface area contributed by atoms with Crippen LogP contribution in [0.25, 0.3) is 0 Å². The number of piperazine rings is 1. The molecular weight excluding hydrogens is 371 g/mol. The van der Waals surface area contributed by atoms with Gasteiger partial charge in [-0.25, -0.2) is 17.9 Å². The molecule has 0 atom stereocenters. The van der Waals surface area contributed by atoms with Gasteiger partial charge in [-0.05, 0) is 30.3 Å². The quantitative estimate of drug-likeness (QED) is 0.656. The summed E-state index contributed by atoms with van der Waals surface area (Å²) < 4.78 is 36.7. The second-order valence-electron chi connectivity index (χ2n) is 6.49. The van der Waals surface area contributed by atoms with Crippen LogP contribution in [0.4, 0.5) is 15.8 Å². The Kier molecular flexibility index (Phi) is 5.73.